The number of carbonyl (C=O) groups is 5. The molecule has 1 aromatic carbocycles. The fraction of sp³-hybridized carbons (Fsp3) is 0.519. The average molecular weight is 565 g/mol. The minimum atomic E-state index is -1.41. The molecule has 0 spiro atoms. The van der Waals surface area contributed by atoms with Gasteiger partial charge in [-0.1, -0.05) is 18.2 Å². The number of hydrogen-bond acceptors (Lipinski definition) is 13. The lowest BCUT2D eigenvalue weighted by atomic mass is 9.97. The van der Waals surface area contributed by atoms with Gasteiger partial charge in [-0.3, -0.25) is 24.0 Å². The third-order valence-corrected chi connectivity index (χ3v) is 5.76. The quantitative estimate of drug-likeness (QED) is 0.317. The number of benzene rings is 1. The first kappa shape index (κ1) is 30.4. The van der Waals surface area contributed by atoms with Gasteiger partial charge in [0.2, 0.25) is 12.4 Å². The van der Waals surface area contributed by atoms with Crippen molar-refractivity contribution in [1.82, 2.24) is 0 Å². The van der Waals surface area contributed by atoms with E-state index in [4.69, 9.17) is 37.9 Å². The molecule has 2 aliphatic heterocycles. The molecule has 0 bridgehead atoms. The van der Waals surface area contributed by atoms with Gasteiger partial charge in [-0.15, -0.1) is 0 Å². The van der Waals surface area contributed by atoms with Crippen LogP contribution in [-0.4, -0.2) is 73.3 Å². The number of hydrogen-bond donors (Lipinski definition) is 0. The highest BCUT2D eigenvalue weighted by Gasteiger charge is 2.53. The lowest BCUT2D eigenvalue weighted by Crippen LogP contribution is -2.63. The zero-order valence-electron chi connectivity index (χ0n) is 22.7. The Bertz CT molecular complexity index is 1130. The van der Waals surface area contributed by atoms with E-state index in [1.807, 2.05) is 0 Å². The van der Waals surface area contributed by atoms with Gasteiger partial charge in [-0.25, -0.2) is 0 Å². The second kappa shape index (κ2) is 13.8. The first-order chi connectivity index (χ1) is 18.9. The van der Waals surface area contributed by atoms with Crippen LogP contribution in [-0.2, 0) is 57.1 Å². The molecule has 0 amide bonds. The summed E-state index contributed by atoms with van der Waals surface area (Å²) in [5.74, 6) is -3.08. The lowest BCUT2D eigenvalue weighted by Gasteiger charge is -2.44. The van der Waals surface area contributed by atoms with Gasteiger partial charge in [0.05, 0.1) is 6.26 Å². The monoisotopic (exact) mass is 564 g/mol. The van der Waals surface area contributed by atoms with E-state index in [1.54, 1.807) is 30.3 Å². The largest absolute Gasteiger partial charge is 0.493 e. The summed E-state index contributed by atoms with van der Waals surface area (Å²) in [6, 6.07) is 6.78. The van der Waals surface area contributed by atoms with E-state index in [0.717, 1.165) is 20.8 Å². The minimum absolute atomic E-state index is 0.255. The van der Waals surface area contributed by atoms with Gasteiger partial charge in [0.1, 0.15) is 30.7 Å². The van der Waals surface area contributed by atoms with E-state index in [0.29, 0.717) is 5.56 Å². The Hall–Kier alpha value is -4.13. The van der Waals surface area contributed by atoms with E-state index in [2.05, 4.69) is 0 Å². The second-order valence-corrected chi connectivity index (χ2v) is 9.06. The molecular formula is C27H32O13. The summed E-state index contributed by atoms with van der Waals surface area (Å²) >= 11 is 0. The molecular weight excluding hydrogens is 532 g/mol. The van der Waals surface area contributed by atoms with E-state index in [9.17, 15) is 24.0 Å². The first-order valence-corrected chi connectivity index (χ1v) is 12.5. The van der Waals surface area contributed by atoms with Gasteiger partial charge in [-0.05, 0) is 12.1 Å². The van der Waals surface area contributed by atoms with Crippen LogP contribution in [0.4, 0.5) is 0 Å². The van der Waals surface area contributed by atoms with Crippen molar-refractivity contribution in [2.24, 2.45) is 0 Å². The van der Waals surface area contributed by atoms with Crippen LogP contribution in [0.5, 0.6) is 5.75 Å². The molecule has 0 unspecified atom stereocenters. The zero-order valence-corrected chi connectivity index (χ0v) is 22.7. The predicted octanol–water partition coefficient (Wildman–Crippen LogP) is 2.06. The topological polar surface area (TPSA) is 159 Å². The summed E-state index contributed by atoms with van der Waals surface area (Å²) in [6.45, 7) is 5.50. The second-order valence-electron chi connectivity index (χ2n) is 9.06. The number of para-hydroxylation sites is 1. The fourth-order valence-corrected chi connectivity index (χ4v) is 4.34. The molecule has 0 N–H and O–H groups in total. The predicted molar refractivity (Wildman–Crippen MR) is 132 cm³/mol. The van der Waals surface area contributed by atoms with Gasteiger partial charge in [0, 0.05) is 46.6 Å². The smallest absolute Gasteiger partial charge is 0.303 e. The maximum Gasteiger partial charge on any atom is 0.303 e. The Kier molecular flexibility index (Phi) is 10.5. The molecule has 2 heterocycles. The Morgan fingerprint density at radius 1 is 0.775 bits per heavy atom. The Morgan fingerprint density at radius 2 is 1.38 bits per heavy atom. The van der Waals surface area contributed by atoms with Crippen molar-refractivity contribution in [3.05, 3.63) is 42.2 Å². The summed E-state index contributed by atoms with van der Waals surface area (Å²) in [4.78, 5) is 59.1. The summed E-state index contributed by atoms with van der Waals surface area (Å²) < 4.78 is 44.6. The highest BCUT2D eigenvalue weighted by Crippen LogP contribution is 2.37. The van der Waals surface area contributed by atoms with Crippen molar-refractivity contribution in [3.8, 4) is 5.75 Å². The molecule has 218 valence electrons. The number of ether oxygens (including phenoxy) is 8. The van der Waals surface area contributed by atoms with Crippen molar-refractivity contribution >= 4 is 29.8 Å². The van der Waals surface area contributed by atoms with E-state index in [1.165, 1.54) is 20.1 Å². The van der Waals surface area contributed by atoms with Gasteiger partial charge >= 0.3 is 29.8 Å². The molecule has 0 radical (unpaired) electrons. The SMILES string of the molecule is CC(=O)OC[C@@H]1O[C@H](Oc2ccccc2[C@@H]2C[C@H](OC(C)=O)C=CO2)[C@@H](OC(C)=O)[C@H](OC(C)=O)[C@H]1OC(C)=O. The van der Waals surface area contributed by atoms with Crippen molar-refractivity contribution in [3.63, 3.8) is 0 Å². The van der Waals surface area contributed by atoms with Crippen molar-refractivity contribution in [2.45, 2.75) is 84.0 Å². The van der Waals surface area contributed by atoms with Gasteiger partial charge < -0.3 is 37.9 Å². The molecule has 40 heavy (non-hydrogen) atoms. The maximum atomic E-state index is 12.1. The number of carbonyl (C=O) groups excluding carboxylic acids is 5. The zero-order chi connectivity index (χ0) is 29.4. The summed E-state index contributed by atoms with van der Waals surface area (Å²) in [7, 11) is 0. The normalized spacial score (nSPS) is 27.4. The van der Waals surface area contributed by atoms with Gasteiger partial charge in [0.25, 0.3) is 0 Å². The summed E-state index contributed by atoms with van der Waals surface area (Å²) in [6.07, 6.45) is -4.45. The third kappa shape index (κ3) is 8.43. The molecule has 0 aliphatic carbocycles. The molecule has 0 aromatic heterocycles. The molecule has 13 nitrogen and oxygen atoms in total. The third-order valence-electron chi connectivity index (χ3n) is 5.76. The van der Waals surface area contributed by atoms with Crippen LogP contribution in [0.15, 0.2) is 36.6 Å². The molecule has 1 saturated heterocycles. The lowest BCUT2D eigenvalue weighted by molar-refractivity contribution is -0.288. The molecule has 13 heteroatoms. The standard InChI is InChI=1S/C27H32O13/c1-14(28)34-13-23-24(36-16(3)30)25(37-17(4)31)26(38-18(5)32)27(40-23)39-21-9-7-6-8-20(21)22-12-19(10-11-33-22)35-15(2)29/h6-11,19,22-27H,12-13H2,1-5H3/t19-,22+,23+,24+,25-,26+,27+/m1/s1. The van der Waals surface area contributed by atoms with Crippen LogP contribution in [0.1, 0.15) is 52.7 Å². The molecule has 3 rings (SSSR count). The van der Waals surface area contributed by atoms with E-state index < -0.39 is 72.8 Å². The van der Waals surface area contributed by atoms with Crippen LogP contribution in [0, 0.1) is 0 Å². The van der Waals surface area contributed by atoms with Crippen LogP contribution < -0.4 is 4.74 Å². The van der Waals surface area contributed by atoms with Gasteiger partial charge in [-0.2, -0.15) is 0 Å². The van der Waals surface area contributed by atoms with Crippen LogP contribution in [0.25, 0.3) is 0 Å². The van der Waals surface area contributed by atoms with Crippen molar-refractivity contribution in [2.75, 3.05) is 6.61 Å². The van der Waals surface area contributed by atoms with Crippen molar-refractivity contribution < 1.29 is 61.9 Å². The van der Waals surface area contributed by atoms with Crippen LogP contribution in [0.3, 0.4) is 0 Å². The molecule has 0 saturated carbocycles. The molecule has 1 aromatic rings. The fourth-order valence-electron chi connectivity index (χ4n) is 4.34. The Labute approximate surface area is 230 Å². The first-order valence-electron chi connectivity index (χ1n) is 12.5. The molecule has 1 fully saturated rings. The minimum Gasteiger partial charge on any atom is -0.493 e. The highest BCUT2D eigenvalue weighted by molar-refractivity contribution is 5.69. The van der Waals surface area contributed by atoms with Crippen LogP contribution >= 0.6 is 0 Å². The van der Waals surface area contributed by atoms with E-state index in [-0.39, 0.29) is 18.8 Å². The van der Waals surface area contributed by atoms with Gasteiger partial charge in [0.15, 0.2) is 12.2 Å². The summed E-state index contributed by atoms with van der Waals surface area (Å²) in [5.41, 5.74) is 0.553. The highest BCUT2D eigenvalue weighted by atomic mass is 16.7. The van der Waals surface area contributed by atoms with Crippen molar-refractivity contribution in [1.29, 1.82) is 0 Å². The Morgan fingerprint density at radius 3 is 2.00 bits per heavy atom. The maximum absolute atomic E-state index is 12.1. The molecule has 2 aliphatic rings. The Balaban J connectivity index is 1.98. The van der Waals surface area contributed by atoms with Crippen LogP contribution in [0.2, 0.25) is 0 Å². The average Bonchev–Trinajstić information content (AvgIpc) is 2.85. The number of rotatable bonds is 9. The molecule has 7 atom stereocenters. The number of esters is 5. The van der Waals surface area contributed by atoms with E-state index >= 15 is 0 Å². The summed E-state index contributed by atoms with van der Waals surface area (Å²) in [5, 5.41) is 0.